The van der Waals surface area contributed by atoms with Gasteiger partial charge in [0.25, 0.3) is 0 Å². The van der Waals surface area contributed by atoms with Gasteiger partial charge in [0.15, 0.2) is 0 Å². The SMILES string of the molecule is Clc1ccc(CN2C=NCCC2)cn1. The Morgan fingerprint density at radius 3 is 3.00 bits per heavy atom. The van der Waals surface area contributed by atoms with Crippen molar-refractivity contribution in [3.8, 4) is 0 Å². The summed E-state index contributed by atoms with van der Waals surface area (Å²) in [4.78, 5) is 10.5. The Bertz CT molecular complexity index is 321. The van der Waals surface area contributed by atoms with Crippen molar-refractivity contribution in [3.63, 3.8) is 0 Å². The Hall–Kier alpha value is -1.09. The standard InChI is InChI=1S/C10H12ClN3/c11-10-3-2-9(6-13-10)7-14-5-1-4-12-8-14/h2-3,6,8H,1,4-5,7H2. The van der Waals surface area contributed by atoms with Gasteiger partial charge in [0, 0.05) is 25.8 Å². The number of aromatic nitrogens is 1. The van der Waals surface area contributed by atoms with E-state index in [9.17, 15) is 0 Å². The van der Waals surface area contributed by atoms with Crippen molar-refractivity contribution < 1.29 is 0 Å². The number of pyridine rings is 1. The zero-order chi connectivity index (χ0) is 9.80. The van der Waals surface area contributed by atoms with E-state index in [1.54, 1.807) is 0 Å². The van der Waals surface area contributed by atoms with Crippen LogP contribution in [0, 0.1) is 0 Å². The monoisotopic (exact) mass is 209 g/mol. The molecule has 1 aromatic heterocycles. The summed E-state index contributed by atoms with van der Waals surface area (Å²) in [6.07, 6.45) is 4.86. The van der Waals surface area contributed by atoms with Crippen LogP contribution in [-0.4, -0.2) is 29.3 Å². The molecule has 0 amide bonds. The molecule has 74 valence electrons. The molecular formula is C10H12ClN3. The predicted octanol–water partition coefficient (Wildman–Crippen LogP) is 1.97. The van der Waals surface area contributed by atoms with Gasteiger partial charge in [0.05, 0.1) is 6.34 Å². The van der Waals surface area contributed by atoms with Gasteiger partial charge in [0.1, 0.15) is 5.15 Å². The molecule has 0 N–H and O–H groups in total. The quantitative estimate of drug-likeness (QED) is 0.697. The lowest BCUT2D eigenvalue weighted by molar-refractivity contribution is 0.401. The summed E-state index contributed by atoms with van der Waals surface area (Å²) in [6.45, 7) is 2.90. The molecule has 0 aromatic carbocycles. The first kappa shape index (κ1) is 9.46. The molecular weight excluding hydrogens is 198 g/mol. The topological polar surface area (TPSA) is 28.5 Å². The summed E-state index contributed by atoms with van der Waals surface area (Å²) in [5.41, 5.74) is 1.17. The third-order valence-electron chi connectivity index (χ3n) is 2.15. The van der Waals surface area contributed by atoms with E-state index < -0.39 is 0 Å². The molecule has 2 rings (SSSR count). The highest BCUT2D eigenvalue weighted by atomic mass is 35.5. The van der Waals surface area contributed by atoms with Crippen LogP contribution in [0.1, 0.15) is 12.0 Å². The molecule has 0 atom stereocenters. The lowest BCUT2D eigenvalue weighted by atomic mass is 10.2. The van der Waals surface area contributed by atoms with Crippen LogP contribution in [0.5, 0.6) is 0 Å². The molecule has 1 aliphatic rings. The second-order valence-electron chi connectivity index (χ2n) is 3.33. The van der Waals surface area contributed by atoms with Gasteiger partial charge in [-0.3, -0.25) is 4.99 Å². The van der Waals surface area contributed by atoms with Gasteiger partial charge in [0.2, 0.25) is 0 Å². The largest absolute Gasteiger partial charge is 0.359 e. The maximum absolute atomic E-state index is 5.70. The average Bonchev–Trinajstić information content (AvgIpc) is 2.23. The van der Waals surface area contributed by atoms with E-state index in [0.717, 1.165) is 26.1 Å². The summed E-state index contributed by atoms with van der Waals surface area (Å²) in [5, 5.41) is 0.543. The van der Waals surface area contributed by atoms with Crippen molar-refractivity contribution in [2.45, 2.75) is 13.0 Å². The summed E-state index contributed by atoms with van der Waals surface area (Å²) in [5.74, 6) is 0. The summed E-state index contributed by atoms with van der Waals surface area (Å²) < 4.78 is 0. The third kappa shape index (κ3) is 2.45. The molecule has 1 aromatic rings. The fraction of sp³-hybridized carbons (Fsp3) is 0.400. The number of aliphatic imine (C=N–C) groups is 1. The molecule has 14 heavy (non-hydrogen) atoms. The van der Waals surface area contributed by atoms with E-state index in [1.807, 2.05) is 24.7 Å². The molecule has 0 saturated carbocycles. The Labute approximate surface area is 88.4 Å². The second kappa shape index (κ2) is 4.42. The van der Waals surface area contributed by atoms with Crippen LogP contribution in [0.15, 0.2) is 23.3 Å². The zero-order valence-electron chi connectivity index (χ0n) is 7.86. The number of hydrogen-bond acceptors (Lipinski definition) is 3. The summed E-state index contributed by atoms with van der Waals surface area (Å²) in [6, 6.07) is 3.82. The molecule has 0 bridgehead atoms. The van der Waals surface area contributed by atoms with E-state index in [4.69, 9.17) is 11.6 Å². The highest BCUT2D eigenvalue weighted by Crippen LogP contribution is 2.08. The van der Waals surface area contributed by atoms with Gasteiger partial charge in [-0.2, -0.15) is 0 Å². The minimum atomic E-state index is 0.543. The maximum Gasteiger partial charge on any atom is 0.129 e. The maximum atomic E-state index is 5.70. The average molecular weight is 210 g/mol. The second-order valence-corrected chi connectivity index (χ2v) is 3.72. The van der Waals surface area contributed by atoms with Gasteiger partial charge < -0.3 is 4.90 Å². The normalized spacial score (nSPS) is 15.9. The van der Waals surface area contributed by atoms with Crippen molar-refractivity contribution in [2.24, 2.45) is 4.99 Å². The Balaban J connectivity index is 1.99. The number of nitrogens with zero attached hydrogens (tertiary/aromatic N) is 3. The van der Waals surface area contributed by atoms with E-state index in [-0.39, 0.29) is 0 Å². The smallest absolute Gasteiger partial charge is 0.129 e. The third-order valence-corrected chi connectivity index (χ3v) is 2.38. The van der Waals surface area contributed by atoms with Crippen LogP contribution in [0.25, 0.3) is 0 Å². The van der Waals surface area contributed by atoms with Crippen LogP contribution in [-0.2, 0) is 6.54 Å². The van der Waals surface area contributed by atoms with Gasteiger partial charge in [-0.15, -0.1) is 0 Å². The van der Waals surface area contributed by atoms with E-state index in [1.165, 1.54) is 5.56 Å². The van der Waals surface area contributed by atoms with Crippen molar-refractivity contribution in [2.75, 3.05) is 13.1 Å². The van der Waals surface area contributed by atoms with Crippen LogP contribution < -0.4 is 0 Å². The number of hydrogen-bond donors (Lipinski definition) is 0. The van der Waals surface area contributed by atoms with Crippen molar-refractivity contribution in [1.82, 2.24) is 9.88 Å². The molecule has 0 unspecified atom stereocenters. The van der Waals surface area contributed by atoms with E-state index >= 15 is 0 Å². The fourth-order valence-corrected chi connectivity index (χ4v) is 1.56. The van der Waals surface area contributed by atoms with Gasteiger partial charge in [-0.05, 0) is 18.1 Å². The molecule has 2 heterocycles. The molecule has 3 nitrogen and oxygen atoms in total. The molecule has 0 spiro atoms. The lowest BCUT2D eigenvalue weighted by Gasteiger charge is -2.22. The Morgan fingerprint density at radius 2 is 2.36 bits per heavy atom. The highest BCUT2D eigenvalue weighted by molar-refractivity contribution is 6.29. The summed E-state index contributed by atoms with van der Waals surface area (Å²) >= 11 is 5.70. The van der Waals surface area contributed by atoms with E-state index in [2.05, 4.69) is 14.9 Å². The van der Waals surface area contributed by atoms with Gasteiger partial charge >= 0.3 is 0 Å². The molecule has 1 aliphatic heterocycles. The van der Waals surface area contributed by atoms with Crippen LogP contribution in [0.3, 0.4) is 0 Å². The summed E-state index contributed by atoms with van der Waals surface area (Å²) in [7, 11) is 0. The van der Waals surface area contributed by atoms with Crippen molar-refractivity contribution >= 4 is 17.9 Å². The molecule has 0 fully saturated rings. The van der Waals surface area contributed by atoms with Gasteiger partial charge in [-0.25, -0.2) is 4.98 Å². The molecule has 0 saturated heterocycles. The number of rotatable bonds is 2. The van der Waals surface area contributed by atoms with Crippen molar-refractivity contribution in [3.05, 3.63) is 29.0 Å². The van der Waals surface area contributed by atoms with Gasteiger partial charge in [-0.1, -0.05) is 17.7 Å². The Kier molecular flexibility index (Phi) is 2.99. The predicted molar refractivity (Wildman–Crippen MR) is 57.6 cm³/mol. The molecule has 0 radical (unpaired) electrons. The molecule has 0 aliphatic carbocycles. The zero-order valence-corrected chi connectivity index (χ0v) is 8.61. The number of halogens is 1. The van der Waals surface area contributed by atoms with Crippen LogP contribution >= 0.6 is 11.6 Å². The molecule has 4 heteroatoms. The Morgan fingerprint density at radius 1 is 1.43 bits per heavy atom. The minimum Gasteiger partial charge on any atom is -0.359 e. The first-order valence-electron chi connectivity index (χ1n) is 4.69. The first-order valence-corrected chi connectivity index (χ1v) is 5.07. The van der Waals surface area contributed by atoms with E-state index in [0.29, 0.717) is 5.15 Å². The lowest BCUT2D eigenvalue weighted by Crippen LogP contribution is -2.26. The minimum absolute atomic E-state index is 0.543. The van der Waals surface area contributed by atoms with Crippen LogP contribution in [0.2, 0.25) is 5.15 Å². The van der Waals surface area contributed by atoms with Crippen molar-refractivity contribution in [1.29, 1.82) is 0 Å². The first-order chi connectivity index (χ1) is 6.84. The fourth-order valence-electron chi connectivity index (χ4n) is 1.45. The highest BCUT2D eigenvalue weighted by Gasteiger charge is 2.05. The van der Waals surface area contributed by atoms with Crippen LogP contribution in [0.4, 0.5) is 0 Å².